The van der Waals surface area contributed by atoms with Gasteiger partial charge in [0.25, 0.3) is 0 Å². The van der Waals surface area contributed by atoms with E-state index in [1.165, 1.54) is 31.4 Å². The van der Waals surface area contributed by atoms with Crippen molar-refractivity contribution in [3.05, 3.63) is 29.8 Å². The van der Waals surface area contributed by atoms with E-state index in [0.717, 1.165) is 0 Å². The van der Waals surface area contributed by atoms with E-state index >= 15 is 0 Å². The molecule has 0 bridgehead atoms. The van der Waals surface area contributed by atoms with Crippen LogP contribution in [0.15, 0.2) is 29.2 Å². The van der Waals surface area contributed by atoms with E-state index in [1.807, 2.05) is 0 Å². The van der Waals surface area contributed by atoms with Crippen LogP contribution in [0.3, 0.4) is 0 Å². The largest absolute Gasteiger partial charge is 0.469 e. The highest BCUT2D eigenvalue weighted by atomic mass is 32.2. The molecule has 0 amide bonds. The number of methoxy groups -OCH3 is 1. The molecule has 0 radical (unpaired) electrons. The zero-order valence-corrected chi connectivity index (χ0v) is 12.9. The molecular formula is C11H16N2O6S2. The average Bonchev–Trinajstić information content (AvgIpc) is 2.42. The summed E-state index contributed by atoms with van der Waals surface area (Å²) in [5.41, 5.74) is 0.559. The Morgan fingerprint density at radius 1 is 1.19 bits per heavy atom. The third-order valence-corrected chi connectivity index (χ3v) is 4.81. The fourth-order valence-corrected chi connectivity index (χ4v) is 2.86. The third kappa shape index (κ3) is 6.21. The standard InChI is InChI=1S/C11H16N2O6S2/c1-19-11(14)6-7-20(15,16)13-8-9-2-4-10(5-3-9)21(12,17)18/h2-5,13H,6-8H2,1H3,(H2,12,17,18). The van der Waals surface area contributed by atoms with E-state index in [1.54, 1.807) is 0 Å². The van der Waals surface area contributed by atoms with Gasteiger partial charge < -0.3 is 4.74 Å². The van der Waals surface area contributed by atoms with Crippen molar-refractivity contribution in [2.75, 3.05) is 12.9 Å². The molecule has 0 aliphatic heterocycles. The smallest absolute Gasteiger partial charge is 0.306 e. The Morgan fingerprint density at radius 2 is 1.76 bits per heavy atom. The number of rotatable bonds is 7. The second kappa shape index (κ2) is 6.98. The van der Waals surface area contributed by atoms with E-state index in [2.05, 4.69) is 9.46 Å². The van der Waals surface area contributed by atoms with E-state index in [4.69, 9.17) is 5.14 Å². The monoisotopic (exact) mass is 336 g/mol. The van der Waals surface area contributed by atoms with Crippen molar-refractivity contribution in [3.8, 4) is 0 Å². The van der Waals surface area contributed by atoms with Crippen molar-refractivity contribution in [1.29, 1.82) is 0 Å². The fourth-order valence-electron chi connectivity index (χ4n) is 1.38. The second-order valence-corrected chi connectivity index (χ2v) is 7.64. The third-order valence-electron chi connectivity index (χ3n) is 2.55. The molecule has 1 rings (SSSR count). The number of esters is 1. The molecule has 0 unspecified atom stereocenters. The Balaban J connectivity index is 2.61. The molecule has 3 N–H and O–H groups in total. The average molecular weight is 336 g/mol. The molecule has 0 aliphatic rings. The van der Waals surface area contributed by atoms with Gasteiger partial charge in [-0.05, 0) is 17.7 Å². The number of ether oxygens (including phenoxy) is 1. The van der Waals surface area contributed by atoms with Crippen molar-refractivity contribution in [2.45, 2.75) is 17.9 Å². The quantitative estimate of drug-likeness (QED) is 0.634. The van der Waals surface area contributed by atoms with Crippen LogP contribution in [-0.4, -0.2) is 35.7 Å². The summed E-state index contributed by atoms with van der Waals surface area (Å²) in [6.45, 7) is -0.0194. The van der Waals surface area contributed by atoms with E-state index in [0.29, 0.717) is 5.56 Å². The fraction of sp³-hybridized carbons (Fsp3) is 0.364. The Kier molecular flexibility index (Phi) is 5.84. The minimum Gasteiger partial charge on any atom is -0.469 e. The van der Waals surface area contributed by atoms with Crippen molar-refractivity contribution in [1.82, 2.24) is 4.72 Å². The Morgan fingerprint density at radius 3 is 2.24 bits per heavy atom. The Hall–Kier alpha value is -1.49. The zero-order valence-electron chi connectivity index (χ0n) is 11.3. The van der Waals surface area contributed by atoms with Crippen LogP contribution < -0.4 is 9.86 Å². The van der Waals surface area contributed by atoms with Gasteiger partial charge >= 0.3 is 5.97 Å². The van der Waals surface area contributed by atoms with E-state index in [9.17, 15) is 21.6 Å². The number of sulfonamides is 2. The summed E-state index contributed by atoms with van der Waals surface area (Å²) >= 11 is 0. The number of hydrogen-bond donors (Lipinski definition) is 2. The lowest BCUT2D eigenvalue weighted by Crippen LogP contribution is -2.27. The molecule has 21 heavy (non-hydrogen) atoms. The maximum absolute atomic E-state index is 11.6. The summed E-state index contributed by atoms with van der Waals surface area (Å²) in [5, 5.41) is 4.95. The van der Waals surface area contributed by atoms with Gasteiger partial charge in [-0.15, -0.1) is 0 Å². The van der Waals surface area contributed by atoms with Crippen LogP contribution >= 0.6 is 0 Å². The predicted octanol–water partition coefficient (Wildman–Crippen LogP) is -0.683. The summed E-state index contributed by atoms with van der Waals surface area (Å²) < 4.78 is 52.0. The van der Waals surface area contributed by atoms with E-state index < -0.39 is 26.0 Å². The van der Waals surface area contributed by atoms with Crippen LogP contribution in [-0.2, 0) is 36.1 Å². The van der Waals surface area contributed by atoms with Gasteiger partial charge in [0.15, 0.2) is 0 Å². The van der Waals surface area contributed by atoms with Gasteiger partial charge in [0.2, 0.25) is 20.0 Å². The van der Waals surface area contributed by atoms with Gasteiger partial charge in [0.1, 0.15) is 0 Å². The molecule has 0 heterocycles. The topological polar surface area (TPSA) is 133 Å². The van der Waals surface area contributed by atoms with Gasteiger partial charge in [-0.2, -0.15) is 0 Å². The highest BCUT2D eigenvalue weighted by Crippen LogP contribution is 2.09. The number of primary sulfonamides is 1. The summed E-state index contributed by atoms with van der Waals surface area (Å²) in [5.74, 6) is -0.993. The summed E-state index contributed by atoms with van der Waals surface area (Å²) in [4.78, 5) is 10.8. The van der Waals surface area contributed by atoms with Crippen LogP contribution in [0.5, 0.6) is 0 Å². The van der Waals surface area contributed by atoms with E-state index in [-0.39, 0.29) is 23.6 Å². The zero-order chi connectivity index (χ0) is 16.1. The molecule has 0 saturated carbocycles. The normalized spacial score (nSPS) is 12.1. The molecule has 0 aliphatic carbocycles. The molecule has 0 atom stereocenters. The molecule has 1 aromatic carbocycles. The highest BCUT2D eigenvalue weighted by Gasteiger charge is 2.13. The lowest BCUT2D eigenvalue weighted by Gasteiger charge is -2.07. The van der Waals surface area contributed by atoms with Crippen molar-refractivity contribution >= 4 is 26.0 Å². The lowest BCUT2D eigenvalue weighted by atomic mass is 10.2. The lowest BCUT2D eigenvalue weighted by molar-refractivity contribution is -0.140. The Bertz CT molecular complexity index is 695. The number of nitrogens with two attached hydrogens (primary N) is 1. The van der Waals surface area contributed by atoms with Crippen molar-refractivity contribution in [2.24, 2.45) is 5.14 Å². The number of carbonyl (C=O) groups is 1. The first-order valence-electron chi connectivity index (χ1n) is 5.80. The van der Waals surface area contributed by atoms with Crippen molar-refractivity contribution < 1.29 is 26.4 Å². The molecule has 0 saturated heterocycles. The van der Waals surface area contributed by atoms with Gasteiger partial charge in [-0.1, -0.05) is 12.1 Å². The molecule has 1 aromatic rings. The molecule has 10 heteroatoms. The van der Waals surface area contributed by atoms with Gasteiger partial charge in [0.05, 0.1) is 24.2 Å². The molecule has 0 spiro atoms. The van der Waals surface area contributed by atoms with Crippen LogP contribution in [0, 0.1) is 0 Å². The Labute approximate surface area is 123 Å². The van der Waals surface area contributed by atoms with Gasteiger partial charge in [-0.3, -0.25) is 4.79 Å². The molecule has 8 nitrogen and oxygen atoms in total. The minimum atomic E-state index is -3.77. The van der Waals surface area contributed by atoms with Gasteiger partial charge in [0, 0.05) is 6.54 Å². The first-order valence-corrected chi connectivity index (χ1v) is 9.00. The first-order chi connectivity index (χ1) is 9.64. The second-order valence-electron chi connectivity index (χ2n) is 4.16. The highest BCUT2D eigenvalue weighted by molar-refractivity contribution is 7.89. The van der Waals surface area contributed by atoms with Crippen molar-refractivity contribution in [3.63, 3.8) is 0 Å². The maximum Gasteiger partial charge on any atom is 0.306 e. The van der Waals surface area contributed by atoms with Crippen LogP contribution in [0.2, 0.25) is 0 Å². The maximum atomic E-state index is 11.6. The number of benzene rings is 1. The number of hydrogen-bond acceptors (Lipinski definition) is 6. The van der Waals surface area contributed by atoms with Crippen LogP contribution in [0.1, 0.15) is 12.0 Å². The SMILES string of the molecule is COC(=O)CCS(=O)(=O)NCc1ccc(S(N)(=O)=O)cc1. The predicted molar refractivity (Wildman–Crippen MR) is 75.1 cm³/mol. The number of nitrogens with one attached hydrogen (secondary N) is 1. The van der Waals surface area contributed by atoms with Crippen LogP contribution in [0.25, 0.3) is 0 Å². The molecule has 0 fully saturated rings. The molecular weight excluding hydrogens is 320 g/mol. The molecule has 0 aromatic heterocycles. The van der Waals surface area contributed by atoms with Gasteiger partial charge in [-0.25, -0.2) is 26.7 Å². The number of carbonyl (C=O) groups excluding carboxylic acids is 1. The minimum absolute atomic E-state index is 0.0194. The first kappa shape index (κ1) is 17.6. The molecule has 118 valence electrons. The van der Waals surface area contributed by atoms with Crippen LogP contribution in [0.4, 0.5) is 0 Å². The summed E-state index contributed by atoms with van der Waals surface area (Å²) in [6.07, 6.45) is -0.240. The summed E-state index contributed by atoms with van der Waals surface area (Å²) in [7, 11) is -6.22. The summed E-state index contributed by atoms with van der Waals surface area (Å²) in [6, 6.07) is 5.46.